The Bertz CT molecular complexity index is 535. The van der Waals surface area contributed by atoms with Crippen molar-refractivity contribution in [3.05, 3.63) is 34.9 Å². The summed E-state index contributed by atoms with van der Waals surface area (Å²) in [6.07, 6.45) is -4.19. The molecule has 2 atom stereocenters. The van der Waals surface area contributed by atoms with Crippen LogP contribution in [0.2, 0.25) is 0 Å². The summed E-state index contributed by atoms with van der Waals surface area (Å²) in [5.41, 5.74) is -1.31. The summed E-state index contributed by atoms with van der Waals surface area (Å²) in [5, 5.41) is 44.9. The average molecular weight is 270 g/mol. The SMILES string of the molecule is O=C(O)c1ccc(C(O)C(O)C(=O)O)c(C(=O)O)c1. The minimum Gasteiger partial charge on any atom is -0.479 e. The van der Waals surface area contributed by atoms with Crippen LogP contribution in [0.25, 0.3) is 0 Å². The Morgan fingerprint density at radius 3 is 1.95 bits per heavy atom. The van der Waals surface area contributed by atoms with E-state index in [0.29, 0.717) is 0 Å². The minimum absolute atomic E-state index is 0.335. The lowest BCUT2D eigenvalue weighted by Gasteiger charge is -2.16. The molecule has 0 saturated heterocycles. The largest absolute Gasteiger partial charge is 0.479 e. The molecule has 8 heteroatoms. The van der Waals surface area contributed by atoms with Crippen LogP contribution in [0.3, 0.4) is 0 Å². The quantitative estimate of drug-likeness (QED) is 0.482. The van der Waals surface area contributed by atoms with Crippen LogP contribution in [0, 0.1) is 0 Å². The lowest BCUT2D eigenvalue weighted by molar-refractivity contribution is -0.153. The first-order valence-corrected chi connectivity index (χ1v) is 4.95. The fourth-order valence-electron chi connectivity index (χ4n) is 1.44. The molecule has 1 aromatic rings. The molecule has 8 nitrogen and oxygen atoms in total. The number of aromatic carboxylic acids is 2. The van der Waals surface area contributed by atoms with Crippen molar-refractivity contribution < 1.29 is 39.9 Å². The number of carboxylic acid groups (broad SMARTS) is 3. The van der Waals surface area contributed by atoms with E-state index >= 15 is 0 Å². The van der Waals surface area contributed by atoms with Crippen LogP contribution in [0.1, 0.15) is 32.4 Å². The van der Waals surface area contributed by atoms with E-state index in [9.17, 15) is 24.6 Å². The zero-order valence-electron chi connectivity index (χ0n) is 9.35. The van der Waals surface area contributed by atoms with Gasteiger partial charge in [-0.2, -0.15) is 0 Å². The van der Waals surface area contributed by atoms with Crippen molar-refractivity contribution in [2.75, 3.05) is 0 Å². The van der Waals surface area contributed by atoms with Gasteiger partial charge in [-0.1, -0.05) is 6.07 Å². The molecular weight excluding hydrogens is 260 g/mol. The van der Waals surface area contributed by atoms with E-state index in [0.717, 1.165) is 18.2 Å². The van der Waals surface area contributed by atoms with E-state index in [1.807, 2.05) is 0 Å². The number of aliphatic hydroxyl groups excluding tert-OH is 2. The third-order valence-electron chi connectivity index (χ3n) is 2.40. The Kier molecular flexibility index (Phi) is 4.20. The molecule has 5 N–H and O–H groups in total. The first-order valence-electron chi connectivity index (χ1n) is 4.95. The monoisotopic (exact) mass is 270 g/mol. The molecule has 1 rings (SSSR count). The van der Waals surface area contributed by atoms with E-state index in [-0.39, 0.29) is 11.1 Å². The van der Waals surface area contributed by atoms with Crippen LogP contribution in [0.15, 0.2) is 18.2 Å². The highest BCUT2D eigenvalue weighted by atomic mass is 16.4. The number of rotatable bonds is 5. The molecule has 0 saturated carbocycles. The molecule has 0 bridgehead atoms. The van der Waals surface area contributed by atoms with Crippen molar-refractivity contribution in [1.82, 2.24) is 0 Å². The summed E-state index contributed by atoms with van der Waals surface area (Å²) >= 11 is 0. The highest BCUT2D eigenvalue weighted by Crippen LogP contribution is 2.23. The Labute approximate surface area is 106 Å². The Hall–Kier alpha value is -2.45. The van der Waals surface area contributed by atoms with Gasteiger partial charge in [0.15, 0.2) is 6.10 Å². The van der Waals surface area contributed by atoms with Gasteiger partial charge < -0.3 is 25.5 Å². The summed E-state index contributed by atoms with van der Waals surface area (Å²) in [6.45, 7) is 0. The van der Waals surface area contributed by atoms with Crippen molar-refractivity contribution >= 4 is 17.9 Å². The van der Waals surface area contributed by atoms with Gasteiger partial charge in [0.1, 0.15) is 6.10 Å². The molecule has 0 radical (unpaired) electrons. The zero-order valence-corrected chi connectivity index (χ0v) is 9.35. The van der Waals surface area contributed by atoms with Gasteiger partial charge in [0.05, 0.1) is 11.1 Å². The predicted molar refractivity (Wildman–Crippen MR) is 59.0 cm³/mol. The second-order valence-corrected chi connectivity index (χ2v) is 3.64. The molecule has 0 amide bonds. The van der Waals surface area contributed by atoms with Gasteiger partial charge in [0, 0.05) is 0 Å². The van der Waals surface area contributed by atoms with Gasteiger partial charge in [-0.25, -0.2) is 14.4 Å². The number of hydrogen-bond acceptors (Lipinski definition) is 5. The highest BCUT2D eigenvalue weighted by Gasteiger charge is 2.29. The first kappa shape index (κ1) is 14.6. The van der Waals surface area contributed by atoms with Crippen molar-refractivity contribution in [3.8, 4) is 0 Å². The van der Waals surface area contributed by atoms with Gasteiger partial charge in [0.2, 0.25) is 0 Å². The molecule has 0 spiro atoms. The summed E-state index contributed by atoms with van der Waals surface area (Å²) in [4.78, 5) is 32.2. The van der Waals surface area contributed by atoms with Crippen LogP contribution >= 0.6 is 0 Å². The summed E-state index contributed by atoms with van der Waals surface area (Å²) < 4.78 is 0. The number of aliphatic hydroxyl groups is 2. The molecule has 102 valence electrons. The zero-order chi connectivity index (χ0) is 14.7. The van der Waals surface area contributed by atoms with Crippen LogP contribution in [-0.4, -0.2) is 49.5 Å². The molecule has 0 aliphatic carbocycles. The summed E-state index contributed by atoms with van der Waals surface area (Å²) in [6, 6.07) is 2.73. The van der Waals surface area contributed by atoms with E-state index in [2.05, 4.69) is 0 Å². The lowest BCUT2D eigenvalue weighted by atomic mass is 9.96. The Balaban J connectivity index is 3.31. The predicted octanol–water partition coefficient (Wildman–Crippen LogP) is -0.438. The van der Waals surface area contributed by atoms with Crippen molar-refractivity contribution in [3.63, 3.8) is 0 Å². The third-order valence-corrected chi connectivity index (χ3v) is 2.40. The Morgan fingerprint density at radius 2 is 1.53 bits per heavy atom. The molecule has 0 fully saturated rings. The second kappa shape index (κ2) is 5.46. The normalized spacial score (nSPS) is 13.6. The van der Waals surface area contributed by atoms with Crippen molar-refractivity contribution in [1.29, 1.82) is 0 Å². The summed E-state index contributed by atoms with van der Waals surface area (Å²) in [5.74, 6) is -4.65. The molecule has 0 aromatic heterocycles. The highest BCUT2D eigenvalue weighted by molar-refractivity contribution is 5.95. The van der Waals surface area contributed by atoms with Crippen molar-refractivity contribution in [2.24, 2.45) is 0 Å². The van der Waals surface area contributed by atoms with Gasteiger partial charge in [-0.15, -0.1) is 0 Å². The maximum atomic E-state index is 11.0. The van der Waals surface area contributed by atoms with Crippen LogP contribution in [-0.2, 0) is 4.79 Å². The number of aliphatic carboxylic acids is 1. The minimum atomic E-state index is -2.21. The smallest absolute Gasteiger partial charge is 0.336 e. The van der Waals surface area contributed by atoms with E-state index < -0.39 is 35.7 Å². The topological polar surface area (TPSA) is 152 Å². The van der Waals surface area contributed by atoms with E-state index in [4.69, 9.17) is 15.3 Å². The number of carbonyl (C=O) groups is 3. The molecule has 0 heterocycles. The van der Waals surface area contributed by atoms with E-state index in [1.165, 1.54) is 0 Å². The third kappa shape index (κ3) is 3.06. The number of benzene rings is 1. The van der Waals surface area contributed by atoms with Crippen molar-refractivity contribution in [2.45, 2.75) is 12.2 Å². The van der Waals surface area contributed by atoms with Crippen LogP contribution in [0.4, 0.5) is 0 Å². The Morgan fingerprint density at radius 1 is 0.947 bits per heavy atom. The molecule has 0 aliphatic rings. The summed E-state index contributed by atoms with van der Waals surface area (Å²) in [7, 11) is 0. The molecule has 19 heavy (non-hydrogen) atoms. The maximum absolute atomic E-state index is 11.0. The van der Waals surface area contributed by atoms with Crippen LogP contribution in [0.5, 0.6) is 0 Å². The fourth-order valence-corrected chi connectivity index (χ4v) is 1.44. The van der Waals surface area contributed by atoms with Gasteiger partial charge in [-0.05, 0) is 17.7 Å². The fraction of sp³-hybridized carbons (Fsp3) is 0.182. The molecule has 1 aromatic carbocycles. The second-order valence-electron chi connectivity index (χ2n) is 3.64. The number of carboxylic acids is 3. The number of hydrogen-bond donors (Lipinski definition) is 5. The van der Waals surface area contributed by atoms with Gasteiger partial charge in [-0.3, -0.25) is 0 Å². The molecule has 2 unspecified atom stereocenters. The maximum Gasteiger partial charge on any atom is 0.336 e. The standard InChI is InChI=1S/C11H10O8/c12-7(8(13)11(18)19)5-2-1-4(9(14)15)3-6(5)10(16)17/h1-3,7-8,12-13H,(H,14,15)(H,16,17)(H,18,19). The molecule has 0 aliphatic heterocycles. The average Bonchev–Trinajstić information content (AvgIpc) is 2.35. The van der Waals surface area contributed by atoms with Crippen LogP contribution < -0.4 is 0 Å². The van der Waals surface area contributed by atoms with Gasteiger partial charge in [0.25, 0.3) is 0 Å². The van der Waals surface area contributed by atoms with E-state index in [1.54, 1.807) is 0 Å². The van der Waals surface area contributed by atoms with Gasteiger partial charge >= 0.3 is 17.9 Å². The molecular formula is C11H10O8. The first-order chi connectivity index (χ1) is 8.75. The lowest BCUT2D eigenvalue weighted by Crippen LogP contribution is -2.28.